The number of rotatable bonds is 5. The molecule has 6 heteroatoms. The highest BCUT2D eigenvalue weighted by molar-refractivity contribution is 6.30. The van der Waals surface area contributed by atoms with Crippen LogP contribution in [-0.4, -0.2) is 41.1 Å². The van der Waals surface area contributed by atoms with E-state index in [2.05, 4.69) is 0 Å². The second-order valence-corrected chi connectivity index (χ2v) is 5.07. The maximum absolute atomic E-state index is 12.0. The van der Waals surface area contributed by atoms with E-state index >= 15 is 0 Å². The average Bonchev–Trinajstić information content (AvgIpc) is 2.90. The first-order valence-electron chi connectivity index (χ1n) is 6.48. The number of hydrogen-bond acceptors (Lipinski definition) is 3. The van der Waals surface area contributed by atoms with Gasteiger partial charge in [-0.15, -0.1) is 0 Å². The lowest BCUT2D eigenvalue weighted by atomic mass is 10.2. The van der Waals surface area contributed by atoms with Crippen molar-refractivity contribution in [3.63, 3.8) is 0 Å². The van der Waals surface area contributed by atoms with Crippen LogP contribution in [0, 0.1) is 0 Å². The Hall–Kier alpha value is -1.75. The van der Waals surface area contributed by atoms with Crippen LogP contribution in [0.25, 0.3) is 0 Å². The number of ether oxygens (including phenoxy) is 1. The molecule has 1 aromatic carbocycles. The highest BCUT2D eigenvalue weighted by atomic mass is 35.5. The van der Waals surface area contributed by atoms with Gasteiger partial charge in [-0.1, -0.05) is 11.6 Å². The van der Waals surface area contributed by atoms with Gasteiger partial charge in [0, 0.05) is 11.6 Å². The van der Waals surface area contributed by atoms with Gasteiger partial charge in [-0.25, -0.2) is 4.79 Å². The summed E-state index contributed by atoms with van der Waals surface area (Å²) in [7, 11) is 0. The van der Waals surface area contributed by atoms with Crippen LogP contribution >= 0.6 is 11.6 Å². The van der Waals surface area contributed by atoms with E-state index in [0.717, 1.165) is 6.42 Å². The van der Waals surface area contributed by atoms with Gasteiger partial charge in [-0.3, -0.25) is 4.79 Å². The van der Waals surface area contributed by atoms with E-state index < -0.39 is 12.0 Å². The molecule has 0 aromatic heterocycles. The minimum Gasteiger partial charge on any atom is -0.493 e. The van der Waals surface area contributed by atoms with Gasteiger partial charge in [-0.05, 0) is 37.1 Å². The van der Waals surface area contributed by atoms with Gasteiger partial charge in [-0.2, -0.15) is 0 Å². The first kappa shape index (κ1) is 14.7. The highest BCUT2D eigenvalue weighted by Crippen LogP contribution is 2.19. The molecule has 1 saturated heterocycles. The molecule has 0 radical (unpaired) electrons. The van der Waals surface area contributed by atoms with E-state index in [9.17, 15) is 9.59 Å². The molecule has 0 spiro atoms. The van der Waals surface area contributed by atoms with Gasteiger partial charge >= 0.3 is 5.97 Å². The summed E-state index contributed by atoms with van der Waals surface area (Å²) in [6.07, 6.45) is 1.44. The fraction of sp³-hybridized carbons (Fsp3) is 0.429. The Morgan fingerprint density at radius 2 is 2.05 bits per heavy atom. The number of aliphatic carboxylic acids is 1. The lowest BCUT2D eigenvalue weighted by Crippen LogP contribution is -2.40. The van der Waals surface area contributed by atoms with Crippen LogP contribution in [0.4, 0.5) is 0 Å². The molecule has 1 heterocycles. The molecular weight excluding hydrogens is 282 g/mol. The lowest BCUT2D eigenvalue weighted by Gasteiger charge is -2.21. The van der Waals surface area contributed by atoms with E-state index in [-0.39, 0.29) is 18.9 Å². The van der Waals surface area contributed by atoms with Crippen molar-refractivity contribution in [3.05, 3.63) is 29.3 Å². The lowest BCUT2D eigenvalue weighted by molar-refractivity contribution is -0.148. The summed E-state index contributed by atoms with van der Waals surface area (Å²) >= 11 is 5.76. The molecular formula is C14H16ClNO4. The van der Waals surface area contributed by atoms with E-state index in [1.165, 1.54) is 4.90 Å². The Morgan fingerprint density at radius 1 is 1.35 bits per heavy atom. The third-order valence-electron chi connectivity index (χ3n) is 3.26. The van der Waals surface area contributed by atoms with Gasteiger partial charge < -0.3 is 14.7 Å². The van der Waals surface area contributed by atoms with E-state index in [1.54, 1.807) is 24.3 Å². The molecule has 1 fully saturated rings. The van der Waals surface area contributed by atoms with Gasteiger partial charge in [0.05, 0.1) is 13.0 Å². The van der Waals surface area contributed by atoms with Gasteiger partial charge in [0.25, 0.3) is 0 Å². The molecule has 2 rings (SSSR count). The highest BCUT2D eigenvalue weighted by Gasteiger charge is 2.33. The summed E-state index contributed by atoms with van der Waals surface area (Å²) in [6, 6.07) is 6.18. The molecule has 1 amide bonds. The number of carboxylic acids is 1. The number of hydrogen-bond donors (Lipinski definition) is 1. The third kappa shape index (κ3) is 3.63. The van der Waals surface area contributed by atoms with E-state index in [0.29, 0.717) is 23.7 Å². The van der Waals surface area contributed by atoms with E-state index in [1.807, 2.05) is 0 Å². The number of nitrogens with zero attached hydrogens (tertiary/aromatic N) is 1. The number of carbonyl (C=O) groups excluding carboxylic acids is 1. The maximum Gasteiger partial charge on any atom is 0.326 e. The molecule has 0 saturated carbocycles. The zero-order valence-corrected chi connectivity index (χ0v) is 11.7. The maximum atomic E-state index is 12.0. The zero-order valence-electron chi connectivity index (χ0n) is 10.9. The summed E-state index contributed by atoms with van der Waals surface area (Å²) in [6.45, 7) is 0.736. The SMILES string of the molecule is O=C(O)C1CCCN1C(=O)CCOc1ccc(Cl)cc1. The van der Waals surface area contributed by atoms with Crippen molar-refractivity contribution in [2.24, 2.45) is 0 Å². The quantitative estimate of drug-likeness (QED) is 0.904. The predicted octanol–water partition coefficient (Wildman–Crippen LogP) is 2.18. The minimum atomic E-state index is -0.936. The number of carboxylic acid groups (broad SMARTS) is 1. The summed E-state index contributed by atoms with van der Waals surface area (Å²) in [5.41, 5.74) is 0. The van der Waals surface area contributed by atoms with Crippen LogP contribution in [0.15, 0.2) is 24.3 Å². The van der Waals surface area contributed by atoms with Crippen molar-refractivity contribution in [2.75, 3.05) is 13.2 Å². The summed E-state index contributed by atoms with van der Waals surface area (Å²) in [4.78, 5) is 24.4. The number of halogens is 1. The molecule has 1 atom stereocenters. The third-order valence-corrected chi connectivity index (χ3v) is 3.51. The molecule has 1 aliphatic rings. The fourth-order valence-electron chi connectivity index (χ4n) is 2.25. The Labute approximate surface area is 122 Å². The van der Waals surface area contributed by atoms with Gasteiger partial charge in [0.1, 0.15) is 11.8 Å². The normalized spacial score (nSPS) is 18.1. The summed E-state index contributed by atoms with van der Waals surface area (Å²) < 4.78 is 5.43. The van der Waals surface area contributed by atoms with Crippen LogP contribution in [0.3, 0.4) is 0 Å². The number of benzene rings is 1. The second kappa shape index (κ2) is 6.61. The molecule has 1 aliphatic heterocycles. The average molecular weight is 298 g/mol. The smallest absolute Gasteiger partial charge is 0.326 e. The van der Waals surface area contributed by atoms with Crippen LogP contribution in [0.1, 0.15) is 19.3 Å². The van der Waals surface area contributed by atoms with Gasteiger partial charge in [0.2, 0.25) is 5.91 Å². The number of likely N-dealkylation sites (tertiary alicyclic amines) is 1. The molecule has 108 valence electrons. The predicted molar refractivity (Wildman–Crippen MR) is 73.9 cm³/mol. The topological polar surface area (TPSA) is 66.8 Å². The van der Waals surface area contributed by atoms with Crippen LogP contribution in [0.5, 0.6) is 5.75 Å². The van der Waals surface area contributed by atoms with Crippen molar-refractivity contribution < 1.29 is 19.4 Å². The molecule has 1 unspecified atom stereocenters. The van der Waals surface area contributed by atoms with E-state index in [4.69, 9.17) is 21.4 Å². The molecule has 1 N–H and O–H groups in total. The van der Waals surface area contributed by atoms with Crippen molar-refractivity contribution >= 4 is 23.5 Å². The molecule has 0 bridgehead atoms. The second-order valence-electron chi connectivity index (χ2n) is 4.64. The standard InChI is InChI=1S/C14H16ClNO4/c15-10-3-5-11(6-4-10)20-9-7-13(17)16-8-1-2-12(16)14(18)19/h3-6,12H,1-2,7-9H2,(H,18,19). The first-order valence-corrected chi connectivity index (χ1v) is 6.86. The van der Waals surface area contributed by atoms with Gasteiger partial charge in [0.15, 0.2) is 0 Å². The van der Waals surface area contributed by atoms with Crippen molar-refractivity contribution in [1.82, 2.24) is 4.90 Å². The molecule has 20 heavy (non-hydrogen) atoms. The zero-order chi connectivity index (χ0) is 14.5. The molecule has 1 aromatic rings. The van der Waals surface area contributed by atoms with Crippen molar-refractivity contribution in [3.8, 4) is 5.75 Å². The van der Waals surface area contributed by atoms with Crippen LogP contribution < -0.4 is 4.74 Å². The van der Waals surface area contributed by atoms with Crippen molar-refractivity contribution in [2.45, 2.75) is 25.3 Å². The first-order chi connectivity index (χ1) is 9.58. The molecule has 5 nitrogen and oxygen atoms in total. The molecule has 0 aliphatic carbocycles. The van der Waals surface area contributed by atoms with Crippen LogP contribution in [-0.2, 0) is 9.59 Å². The Bertz CT molecular complexity index is 488. The fourth-order valence-corrected chi connectivity index (χ4v) is 2.38. The van der Waals surface area contributed by atoms with Crippen LogP contribution in [0.2, 0.25) is 5.02 Å². The van der Waals surface area contributed by atoms with Crippen molar-refractivity contribution in [1.29, 1.82) is 0 Å². The minimum absolute atomic E-state index is 0.173. The Balaban J connectivity index is 1.80. The summed E-state index contributed by atoms with van der Waals surface area (Å²) in [5, 5.41) is 9.64. The Kier molecular flexibility index (Phi) is 4.84. The monoisotopic (exact) mass is 297 g/mol. The number of carbonyl (C=O) groups is 2. The number of amides is 1. The largest absolute Gasteiger partial charge is 0.493 e. The Morgan fingerprint density at radius 3 is 2.70 bits per heavy atom. The summed E-state index contributed by atoms with van der Waals surface area (Å²) in [5.74, 6) is -0.475.